The zero-order chi connectivity index (χ0) is 10.0. The van der Waals surface area contributed by atoms with Crippen LogP contribution in [0.15, 0.2) is 0 Å². The second kappa shape index (κ2) is 3.87. The summed E-state index contributed by atoms with van der Waals surface area (Å²) >= 11 is 0. The molecule has 74 valence electrons. The summed E-state index contributed by atoms with van der Waals surface area (Å²) in [5, 5.41) is 0. The molecule has 0 aromatic heterocycles. The van der Waals surface area contributed by atoms with E-state index in [1.165, 1.54) is 4.90 Å². The van der Waals surface area contributed by atoms with Crippen molar-refractivity contribution in [3.8, 4) is 0 Å². The topological polar surface area (TPSA) is 40.6 Å². The standard InChI is InChI=1S/C9H16N2O2/c1-7(10(2)3)6-11-8(12)4-5-9(11)13/h7H,4-6H2,1-3H3. The Kier molecular flexibility index (Phi) is 3.03. The van der Waals surface area contributed by atoms with Crippen molar-refractivity contribution in [3.05, 3.63) is 0 Å². The van der Waals surface area contributed by atoms with Crippen LogP contribution in [0.25, 0.3) is 0 Å². The number of likely N-dealkylation sites (N-methyl/N-ethyl adjacent to an activating group) is 1. The van der Waals surface area contributed by atoms with Crippen LogP contribution in [0.1, 0.15) is 19.8 Å². The Morgan fingerprint density at radius 2 is 1.77 bits per heavy atom. The molecule has 1 unspecified atom stereocenters. The Morgan fingerprint density at radius 3 is 2.15 bits per heavy atom. The van der Waals surface area contributed by atoms with Crippen molar-refractivity contribution in [1.29, 1.82) is 0 Å². The number of carbonyl (C=O) groups excluding carboxylic acids is 2. The predicted octanol–water partition coefficient (Wildman–Crippen LogP) is 0.0855. The van der Waals surface area contributed by atoms with Crippen molar-refractivity contribution in [1.82, 2.24) is 9.80 Å². The first kappa shape index (κ1) is 10.2. The van der Waals surface area contributed by atoms with Gasteiger partial charge in [-0.3, -0.25) is 14.5 Å². The first-order chi connectivity index (χ1) is 6.02. The largest absolute Gasteiger partial charge is 0.305 e. The molecular formula is C9H16N2O2. The molecule has 1 heterocycles. The number of amides is 2. The molecule has 0 aromatic carbocycles. The summed E-state index contributed by atoms with van der Waals surface area (Å²) in [5.41, 5.74) is 0. The summed E-state index contributed by atoms with van der Waals surface area (Å²) in [5.74, 6) is -0.0580. The van der Waals surface area contributed by atoms with Gasteiger partial charge in [0, 0.05) is 25.4 Å². The van der Waals surface area contributed by atoms with Crippen molar-refractivity contribution in [2.75, 3.05) is 20.6 Å². The molecule has 0 aliphatic carbocycles. The highest BCUT2D eigenvalue weighted by atomic mass is 16.2. The highest BCUT2D eigenvalue weighted by molar-refractivity contribution is 6.01. The molecular weight excluding hydrogens is 168 g/mol. The number of hydrogen-bond donors (Lipinski definition) is 0. The summed E-state index contributed by atoms with van der Waals surface area (Å²) in [4.78, 5) is 25.8. The minimum atomic E-state index is -0.0290. The van der Waals surface area contributed by atoms with Crippen LogP contribution in [0, 0.1) is 0 Å². The van der Waals surface area contributed by atoms with E-state index in [-0.39, 0.29) is 17.9 Å². The molecule has 0 aromatic rings. The number of nitrogens with zero attached hydrogens (tertiary/aromatic N) is 2. The molecule has 0 radical (unpaired) electrons. The monoisotopic (exact) mass is 184 g/mol. The van der Waals surface area contributed by atoms with Gasteiger partial charge in [-0.1, -0.05) is 0 Å². The third-order valence-electron chi connectivity index (χ3n) is 2.48. The van der Waals surface area contributed by atoms with Crippen LogP contribution in [0.3, 0.4) is 0 Å². The van der Waals surface area contributed by atoms with E-state index in [4.69, 9.17) is 0 Å². The van der Waals surface area contributed by atoms with Gasteiger partial charge >= 0.3 is 0 Å². The average Bonchev–Trinajstić information content (AvgIpc) is 2.35. The molecule has 0 N–H and O–H groups in total. The maximum absolute atomic E-state index is 11.2. The number of imide groups is 1. The number of carbonyl (C=O) groups is 2. The molecule has 4 nitrogen and oxygen atoms in total. The van der Waals surface area contributed by atoms with Crippen molar-refractivity contribution in [2.45, 2.75) is 25.8 Å². The maximum Gasteiger partial charge on any atom is 0.229 e. The molecule has 1 rings (SSSR count). The van der Waals surface area contributed by atoms with E-state index < -0.39 is 0 Å². The molecule has 1 aliphatic rings. The third kappa shape index (κ3) is 2.28. The van der Waals surface area contributed by atoms with E-state index in [9.17, 15) is 9.59 Å². The van der Waals surface area contributed by atoms with E-state index in [0.717, 1.165) is 0 Å². The van der Waals surface area contributed by atoms with Gasteiger partial charge in [-0.2, -0.15) is 0 Å². The Labute approximate surface area is 78.5 Å². The van der Waals surface area contributed by atoms with Crippen LogP contribution in [-0.2, 0) is 9.59 Å². The van der Waals surface area contributed by atoms with Gasteiger partial charge < -0.3 is 4.90 Å². The molecule has 4 heteroatoms. The van der Waals surface area contributed by atoms with Crippen molar-refractivity contribution < 1.29 is 9.59 Å². The molecule has 0 saturated carbocycles. The summed E-state index contributed by atoms with van der Waals surface area (Å²) in [7, 11) is 3.88. The van der Waals surface area contributed by atoms with Crippen molar-refractivity contribution in [3.63, 3.8) is 0 Å². The SMILES string of the molecule is CC(CN1C(=O)CCC1=O)N(C)C. The van der Waals surface area contributed by atoms with E-state index in [0.29, 0.717) is 19.4 Å². The van der Waals surface area contributed by atoms with Crippen LogP contribution < -0.4 is 0 Å². The Hall–Kier alpha value is -0.900. The normalized spacial score (nSPS) is 20.2. The van der Waals surface area contributed by atoms with Crippen LogP contribution in [0.2, 0.25) is 0 Å². The van der Waals surface area contributed by atoms with Gasteiger partial charge in [0.25, 0.3) is 0 Å². The van der Waals surface area contributed by atoms with Gasteiger partial charge in [-0.25, -0.2) is 0 Å². The third-order valence-corrected chi connectivity index (χ3v) is 2.48. The van der Waals surface area contributed by atoms with Gasteiger partial charge in [0.05, 0.1) is 0 Å². The minimum Gasteiger partial charge on any atom is -0.305 e. The van der Waals surface area contributed by atoms with E-state index in [1.807, 2.05) is 25.9 Å². The lowest BCUT2D eigenvalue weighted by molar-refractivity contribution is -0.139. The van der Waals surface area contributed by atoms with Gasteiger partial charge in [0.15, 0.2) is 0 Å². The molecule has 0 spiro atoms. The van der Waals surface area contributed by atoms with Crippen molar-refractivity contribution in [2.24, 2.45) is 0 Å². The summed E-state index contributed by atoms with van der Waals surface area (Å²) in [6.07, 6.45) is 0.776. The summed E-state index contributed by atoms with van der Waals surface area (Å²) < 4.78 is 0. The highest BCUT2D eigenvalue weighted by Gasteiger charge is 2.29. The van der Waals surface area contributed by atoms with Crippen LogP contribution in [-0.4, -0.2) is 48.3 Å². The van der Waals surface area contributed by atoms with Gasteiger partial charge in [-0.15, -0.1) is 0 Å². The molecule has 1 atom stereocenters. The van der Waals surface area contributed by atoms with Crippen LogP contribution in [0.5, 0.6) is 0 Å². The maximum atomic E-state index is 11.2. The average molecular weight is 184 g/mol. The smallest absolute Gasteiger partial charge is 0.229 e. The quantitative estimate of drug-likeness (QED) is 0.583. The zero-order valence-corrected chi connectivity index (χ0v) is 8.41. The molecule has 13 heavy (non-hydrogen) atoms. The number of rotatable bonds is 3. The van der Waals surface area contributed by atoms with E-state index in [2.05, 4.69) is 0 Å². The number of hydrogen-bond acceptors (Lipinski definition) is 3. The Morgan fingerprint density at radius 1 is 1.31 bits per heavy atom. The summed E-state index contributed by atoms with van der Waals surface area (Å²) in [6, 6.07) is 0.228. The summed E-state index contributed by atoms with van der Waals surface area (Å²) in [6.45, 7) is 2.52. The van der Waals surface area contributed by atoms with E-state index >= 15 is 0 Å². The van der Waals surface area contributed by atoms with Crippen molar-refractivity contribution >= 4 is 11.8 Å². The van der Waals surface area contributed by atoms with E-state index in [1.54, 1.807) is 0 Å². The molecule has 1 saturated heterocycles. The fourth-order valence-electron chi connectivity index (χ4n) is 1.25. The second-order valence-electron chi connectivity index (χ2n) is 3.71. The van der Waals surface area contributed by atoms with Crippen LogP contribution >= 0.6 is 0 Å². The fraction of sp³-hybridized carbons (Fsp3) is 0.778. The lowest BCUT2D eigenvalue weighted by atomic mass is 10.3. The highest BCUT2D eigenvalue weighted by Crippen LogP contribution is 2.12. The zero-order valence-electron chi connectivity index (χ0n) is 8.41. The molecule has 1 fully saturated rings. The molecule has 2 amide bonds. The van der Waals surface area contributed by atoms with Gasteiger partial charge in [0.2, 0.25) is 11.8 Å². The molecule has 0 bridgehead atoms. The lowest BCUT2D eigenvalue weighted by Gasteiger charge is -2.24. The van der Waals surface area contributed by atoms with Gasteiger partial charge in [0.1, 0.15) is 0 Å². The fourth-order valence-corrected chi connectivity index (χ4v) is 1.25. The first-order valence-electron chi connectivity index (χ1n) is 4.52. The predicted molar refractivity (Wildman–Crippen MR) is 49.1 cm³/mol. The minimum absolute atomic E-state index is 0.0290. The second-order valence-corrected chi connectivity index (χ2v) is 3.71. The first-order valence-corrected chi connectivity index (χ1v) is 4.52. The lowest BCUT2D eigenvalue weighted by Crippen LogP contribution is -2.41. The number of likely N-dealkylation sites (tertiary alicyclic amines) is 1. The van der Waals surface area contributed by atoms with Crippen LogP contribution in [0.4, 0.5) is 0 Å². The van der Waals surface area contributed by atoms with Gasteiger partial charge in [-0.05, 0) is 21.0 Å². The Bertz CT molecular complexity index is 210. The Balaban J connectivity index is 2.52. The molecule has 1 aliphatic heterocycles.